The Morgan fingerprint density at radius 1 is 1.46 bits per heavy atom. The summed E-state index contributed by atoms with van der Waals surface area (Å²) < 4.78 is 5.30. The maximum atomic E-state index is 12.1. The molecule has 0 aliphatic rings. The van der Waals surface area contributed by atoms with Gasteiger partial charge < -0.3 is 15.2 Å². The Labute approximate surface area is 143 Å². The molecule has 0 saturated heterocycles. The number of nitrogens with one attached hydrogen (secondary N) is 1. The average Bonchev–Trinajstić information content (AvgIpc) is 2.52. The van der Waals surface area contributed by atoms with Crippen molar-refractivity contribution in [3.8, 4) is 5.75 Å². The van der Waals surface area contributed by atoms with E-state index in [-0.39, 0.29) is 16.5 Å². The van der Waals surface area contributed by atoms with Crippen molar-refractivity contribution in [2.45, 2.75) is 45.3 Å². The molecule has 132 valence electrons. The summed E-state index contributed by atoms with van der Waals surface area (Å²) in [5.41, 5.74) is -0.372. The summed E-state index contributed by atoms with van der Waals surface area (Å²) in [6, 6.07) is 2.78. The third-order valence-corrected chi connectivity index (χ3v) is 3.49. The van der Waals surface area contributed by atoms with Crippen LogP contribution in [0.15, 0.2) is 18.2 Å². The number of carbonyl (C=O) groups excluding carboxylic acids is 1. The van der Waals surface area contributed by atoms with Gasteiger partial charge in [0.25, 0.3) is 5.91 Å². The van der Waals surface area contributed by atoms with Crippen molar-refractivity contribution in [2.24, 2.45) is 0 Å². The number of hydrogen-bond acceptors (Lipinski definition) is 5. The summed E-state index contributed by atoms with van der Waals surface area (Å²) in [7, 11) is 0. The first kappa shape index (κ1) is 19.7. The first-order chi connectivity index (χ1) is 11.3. The van der Waals surface area contributed by atoms with E-state index < -0.39 is 28.9 Å². The lowest BCUT2D eigenvalue weighted by Crippen LogP contribution is -2.46. The van der Waals surface area contributed by atoms with E-state index in [1.54, 1.807) is 0 Å². The van der Waals surface area contributed by atoms with Crippen LogP contribution in [0.25, 0.3) is 0 Å². The van der Waals surface area contributed by atoms with Crippen LogP contribution in [0.1, 0.15) is 33.1 Å². The van der Waals surface area contributed by atoms with Crippen molar-refractivity contribution < 1.29 is 24.4 Å². The van der Waals surface area contributed by atoms with E-state index in [1.807, 2.05) is 6.92 Å². The highest BCUT2D eigenvalue weighted by atomic mass is 35.5. The summed E-state index contributed by atoms with van der Waals surface area (Å²) in [5, 5.41) is 22.6. The van der Waals surface area contributed by atoms with Crippen LogP contribution in [0.5, 0.6) is 5.75 Å². The molecule has 2 N–H and O–H groups in total. The van der Waals surface area contributed by atoms with E-state index in [9.17, 15) is 19.7 Å². The second-order valence-corrected chi connectivity index (χ2v) is 5.61. The Bertz CT molecular complexity index is 622. The van der Waals surface area contributed by atoms with Gasteiger partial charge >= 0.3 is 11.7 Å². The molecule has 0 spiro atoms. The number of carbonyl (C=O) groups is 2. The van der Waals surface area contributed by atoms with Gasteiger partial charge in [-0.15, -0.1) is 0 Å². The Hall–Kier alpha value is -2.35. The molecule has 1 amide bonds. The van der Waals surface area contributed by atoms with Gasteiger partial charge in [0, 0.05) is 11.1 Å². The fourth-order valence-electron chi connectivity index (χ4n) is 1.93. The zero-order valence-electron chi connectivity index (χ0n) is 13.3. The molecule has 0 aliphatic heterocycles. The molecular formula is C15H19ClN2O6. The van der Waals surface area contributed by atoms with Crippen molar-refractivity contribution in [2.75, 3.05) is 0 Å². The molecular weight excluding hydrogens is 340 g/mol. The van der Waals surface area contributed by atoms with Gasteiger partial charge in [0.1, 0.15) is 6.04 Å². The molecule has 9 heteroatoms. The average molecular weight is 359 g/mol. The Balaban J connectivity index is 2.80. The minimum atomic E-state index is -1.14. The molecule has 2 atom stereocenters. The molecule has 0 heterocycles. The number of ether oxygens (including phenoxy) is 1. The number of carboxylic acids is 1. The molecule has 8 nitrogen and oxygen atoms in total. The quantitative estimate of drug-likeness (QED) is 0.517. The predicted molar refractivity (Wildman–Crippen MR) is 87.3 cm³/mol. The first-order valence-corrected chi connectivity index (χ1v) is 7.77. The highest BCUT2D eigenvalue weighted by Gasteiger charge is 2.25. The number of benzene rings is 1. The van der Waals surface area contributed by atoms with Gasteiger partial charge in [0.15, 0.2) is 11.9 Å². The van der Waals surface area contributed by atoms with Crippen molar-refractivity contribution in [3.05, 3.63) is 33.3 Å². The molecule has 0 aliphatic carbocycles. The number of amides is 1. The lowest BCUT2D eigenvalue weighted by molar-refractivity contribution is -0.386. The largest absolute Gasteiger partial charge is 0.480 e. The molecule has 1 aromatic rings. The number of nitro groups is 1. The fourth-order valence-corrected chi connectivity index (χ4v) is 2.10. The van der Waals surface area contributed by atoms with E-state index in [0.29, 0.717) is 12.8 Å². The second-order valence-electron chi connectivity index (χ2n) is 5.17. The van der Waals surface area contributed by atoms with Gasteiger partial charge in [-0.2, -0.15) is 0 Å². The minimum absolute atomic E-state index is 0.118. The van der Waals surface area contributed by atoms with Crippen LogP contribution in [0, 0.1) is 10.1 Å². The van der Waals surface area contributed by atoms with Crippen LogP contribution in [0.2, 0.25) is 5.02 Å². The van der Waals surface area contributed by atoms with Crippen LogP contribution in [-0.2, 0) is 9.59 Å². The number of nitro benzene ring substituents is 1. The van der Waals surface area contributed by atoms with E-state index in [2.05, 4.69) is 5.32 Å². The number of hydrogen-bond donors (Lipinski definition) is 2. The van der Waals surface area contributed by atoms with Crippen LogP contribution < -0.4 is 10.1 Å². The molecule has 1 rings (SSSR count). The van der Waals surface area contributed by atoms with Crippen molar-refractivity contribution in [1.29, 1.82) is 0 Å². The number of aliphatic carboxylic acids is 1. The fraction of sp³-hybridized carbons (Fsp3) is 0.467. The summed E-state index contributed by atoms with van der Waals surface area (Å²) in [4.78, 5) is 33.5. The normalized spacial score (nSPS) is 13.0. The van der Waals surface area contributed by atoms with Crippen LogP contribution in [0.3, 0.4) is 0 Å². The maximum Gasteiger partial charge on any atom is 0.326 e. The van der Waals surface area contributed by atoms with E-state index in [4.69, 9.17) is 21.4 Å². The monoisotopic (exact) mass is 358 g/mol. The van der Waals surface area contributed by atoms with Gasteiger partial charge in [-0.1, -0.05) is 31.4 Å². The van der Waals surface area contributed by atoms with Crippen LogP contribution in [-0.4, -0.2) is 34.1 Å². The number of rotatable bonds is 9. The van der Waals surface area contributed by atoms with Crippen molar-refractivity contribution in [3.63, 3.8) is 0 Å². The summed E-state index contributed by atoms with van der Waals surface area (Å²) in [5.74, 6) is -1.92. The third kappa shape index (κ3) is 5.69. The third-order valence-electron chi connectivity index (χ3n) is 3.25. The minimum Gasteiger partial charge on any atom is -0.480 e. The number of unbranched alkanes of at least 4 members (excludes halogenated alkanes) is 1. The molecule has 0 saturated carbocycles. The molecule has 0 fully saturated rings. The lowest BCUT2D eigenvalue weighted by Gasteiger charge is -2.18. The molecule has 0 bridgehead atoms. The first-order valence-electron chi connectivity index (χ1n) is 7.40. The van der Waals surface area contributed by atoms with Gasteiger partial charge in [-0.05, 0) is 25.5 Å². The van der Waals surface area contributed by atoms with Crippen LogP contribution >= 0.6 is 11.6 Å². The molecule has 24 heavy (non-hydrogen) atoms. The lowest BCUT2D eigenvalue weighted by atomic mass is 10.1. The summed E-state index contributed by atoms with van der Waals surface area (Å²) in [6.45, 7) is 3.29. The zero-order valence-corrected chi connectivity index (χ0v) is 14.1. The van der Waals surface area contributed by atoms with Crippen molar-refractivity contribution >= 4 is 29.2 Å². The molecule has 0 radical (unpaired) electrons. The van der Waals surface area contributed by atoms with Gasteiger partial charge in [0.2, 0.25) is 0 Å². The molecule has 1 aromatic carbocycles. The smallest absolute Gasteiger partial charge is 0.326 e. The van der Waals surface area contributed by atoms with E-state index in [0.717, 1.165) is 12.5 Å². The van der Waals surface area contributed by atoms with E-state index in [1.165, 1.54) is 19.1 Å². The highest BCUT2D eigenvalue weighted by molar-refractivity contribution is 6.30. The molecule has 0 aromatic heterocycles. The zero-order chi connectivity index (χ0) is 18.3. The summed E-state index contributed by atoms with van der Waals surface area (Å²) >= 11 is 5.71. The maximum absolute atomic E-state index is 12.1. The van der Waals surface area contributed by atoms with Gasteiger partial charge in [-0.25, -0.2) is 4.79 Å². The van der Waals surface area contributed by atoms with Crippen molar-refractivity contribution in [1.82, 2.24) is 5.32 Å². The van der Waals surface area contributed by atoms with Gasteiger partial charge in [0.05, 0.1) is 4.92 Å². The Morgan fingerprint density at radius 2 is 2.12 bits per heavy atom. The number of halogens is 1. The Morgan fingerprint density at radius 3 is 2.67 bits per heavy atom. The second kappa shape index (κ2) is 9.07. The number of carboxylic acid groups (broad SMARTS) is 1. The predicted octanol–water partition coefficient (Wildman–Crippen LogP) is 2.78. The summed E-state index contributed by atoms with van der Waals surface area (Å²) in [6.07, 6.45) is 0.636. The number of nitrogens with zero attached hydrogens (tertiary/aromatic N) is 1. The SMILES string of the molecule is CCCCC(NC(=O)C(C)Oc1ccc(Cl)cc1[N+](=O)[O-])C(=O)O. The topological polar surface area (TPSA) is 119 Å². The van der Waals surface area contributed by atoms with Crippen LogP contribution in [0.4, 0.5) is 5.69 Å². The van der Waals surface area contributed by atoms with E-state index >= 15 is 0 Å². The Kier molecular flexibility index (Phi) is 7.44. The molecule has 2 unspecified atom stereocenters. The van der Waals surface area contributed by atoms with Gasteiger partial charge in [-0.3, -0.25) is 14.9 Å². The highest BCUT2D eigenvalue weighted by Crippen LogP contribution is 2.30. The standard InChI is InChI=1S/C15H19ClN2O6/c1-3-4-5-11(15(20)21)17-14(19)9(2)24-13-7-6-10(16)8-12(13)18(22)23/h6-9,11H,3-5H2,1-2H3,(H,17,19)(H,20,21).